The molecule has 0 radical (unpaired) electrons. The number of hydrogen-bond acceptors (Lipinski definition) is 11. The predicted octanol–water partition coefficient (Wildman–Crippen LogP) is 4.51. The fourth-order valence-electron chi connectivity index (χ4n) is 7.95. The number of amides is 6. The Balaban J connectivity index is 0.787. The number of carbonyl (C=O) groups excluding carboxylic acids is 5. The highest BCUT2D eigenvalue weighted by atomic mass is 35.5. The van der Waals surface area contributed by atoms with Gasteiger partial charge in [-0.25, -0.2) is 9.78 Å². The molecule has 1 unspecified atom stereocenters. The van der Waals surface area contributed by atoms with Crippen LogP contribution in [0.4, 0.5) is 21.9 Å². The van der Waals surface area contributed by atoms with Crippen LogP contribution < -0.4 is 25.2 Å². The fourth-order valence-corrected chi connectivity index (χ4v) is 8.17. The number of fused-ring (bicyclic) bond motifs is 1. The van der Waals surface area contributed by atoms with Crippen LogP contribution in [0, 0.1) is 11.3 Å². The lowest BCUT2D eigenvalue weighted by Gasteiger charge is -2.45. The van der Waals surface area contributed by atoms with Gasteiger partial charge >= 0.3 is 6.03 Å². The van der Waals surface area contributed by atoms with Gasteiger partial charge < -0.3 is 24.8 Å². The second-order valence-corrected chi connectivity index (χ2v) is 15.4. The zero-order valence-electron chi connectivity index (χ0n) is 32.1. The van der Waals surface area contributed by atoms with E-state index in [0.29, 0.717) is 47.4 Å². The maximum Gasteiger partial charge on any atom is 0.322 e. The molecule has 298 valence electrons. The summed E-state index contributed by atoms with van der Waals surface area (Å²) in [7, 11) is 0. The van der Waals surface area contributed by atoms with Gasteiger partial charge in [0.1, 0.15) is 12.1 Å². The lowest BCUT2D eigenvalue weighted by atomic mass is 10.0. The summed E-state index contributed by atoms with van der Waals surface area (Å²) < 4.78 is 5.87. The van der Waals surface area contributed by atoms with Crippen LogP contribution in [-0.2, 0) is 9.59 Å². The van der Waals surface area contributed by atoms with Crippen molar-refractivity contribution in [2.75, 3.05) is 67.5 Å². The number of pyridine rings is 1. The van der Waals surface area contributed by atoms with Gasteiger partial charge in [0, 0.05) is 75.2 Å². The van der Waals surface area contributed by atoms with E-state index in [1.807, 2.05) is 24.0 Å². The zero-order valence-corrected chi connectivity index (χ0v) is 32.8. The third-order valence-electron chi connectivity index (χ3n) is 11.2. The summed E-state index contributed by atoms with van der Waals surface area (Å²) >= 11 is 6.28. The van der Waals surface area contributed by atoms with E-state index >= 15 is 0 Å². The SMILES string of the molecule is C[C@@H]1CN(c2ccc(C#N)c(Cl)c2)[C@@H](C)CN1C(=O)Nc1ccc(OCCCCCN2CCN(c3ccc4c(c3)C(=O)N(C3CCC(=O)NC3=O)C4=O)CC2)nc1. The van der Waals surface area contributed by atoms with Crippen LogP contribution in [0.5, 0.6) is 5.88 Å². The molecule has 4 aliphatic rings. The van der Waals surface area contributed by atoms with Gasteiger partial charge in [0.05, 0.1) is 40.2 Å². The van der Waals surface area contributed by atoms with E-state index in [2.05, 4.69) is 43.3 Å². The molecule has 2 aromatic carbocycles. The summed E-state index contributed by atoms with van der Waals surface area (Å²) in [6.45, 7) is 10.0. The van der Waals surface area contributed by atoms with Crippen molar-refractivity contribution in [1.82, 2.24) is 25.0 Å². The minimum Gasteiger partial charge on any atom is -0.478 e. The number of rotatable bonds is 11. The quantitative estimate of drug-likeness (QED) is 0.207. The summed E-state index contributed by atoms with van der Waals surface area (Å²) in [5, 5.41) is 14.8. The smallest absolute Gasteiger partial charge is 0.322 e. The van der Waals surface area contributed by atoms with Gasteiger partial charge in [0.2, 0.25) is 17.7 Å². The number of unbranched alkanes of at least 4 members (excludes halogenated alkanes) is 2. The number of carbonyl (C=O) groups is 5. The average molecular weight is 796 g/mol. The third-order valence-corrected chi connectivity index (χ3v) is 11.5. The molecule has 3 saturated heterocycles. The molecule has 3 fully saturated rings. The number of imide groups is 2. The van der Waals surface area contributed by atoms with Crippen LogP contribution in [0.2, 0.25) is 5.02 Å². The Kier molecular flexibility index (Phi) is 11.9. The molecule has 0 spiro atoms. The fraction of sp³-hybridized carbons (Fsp3) is 0.439. The van der Waals surface area contributed by atoms with Crippen molar-refractivity contribution in [3.63, 3.8) is 0 Å². The number of piperazine rings is 2. The summed E-state index contributed by atoms with van der Waals surface area (Å²) in [6.07, 6.45) is 4.73. The van der Waals surface area contributed by atoms with E-state index in [4.69, 9.17) is 16.3 Å². The molecule has 0 saturated carbocycles. The first-order chi connectivity index (χ1) is 27.5. The number of ether oxygens (including phenoxy) is 1. The Hall–Kier alpha value is -5.72. The van der Waals surface area contributed by atoms with E-state index in [-0.39, 0.29) is 36.5 Å². The van der Waals surface area contributed by atoms with Crippen molar-refractivity contribution < 1.29 is 28.7 Å². The topological polar surface area (TPSA) is 172 Å². The number of piperidine rings is 1. The van der Waals surface area contributed by atoms with Crippen molar-refractivity contribution in [3.05, 3.63) is 76.4 Å². The highest BCUT2D eigenvalue weighted by Gasteiger charge is 2.45. The van der Waals surface area contributed by atoms with E-state index in [1.165, 1.54) is 0 Å². The Labute approximate surface area is 336 Å². The van der Waals surface area contributed by atoms with Gasteiger partial charge in [-0.3, -0.25) is 34.3 Å². The Bertz CT molecular complexity index is 2080. The molecule has 5 heterocycles. The molecule has 16 heteroatoms. The molecular formula is C41H46ClN9O6. The van der Waals surface area contributed by atoms with Crippen LogP contribution in [0.15, 0.2) is 54.7 Å². The first-order valence-electron chi connectivity index (χ1n) is 19.5. The maximum atomic E-state index is 13.2. The molecule has 57 heavy (non-hydrogen) atoms. The monoisotopic (exact) mass is 795 g/mol. The molecule has 1 aromatic heterocycles. The van der Waals surface area contributed by atoms with Crippen molar-refractivity contribution >= 4 is 58.3 Å². The average Bonchev–Trinajstić information content (AvgIpc) is 3.45. The normalized spacial score (nSPS) is 21.3. The van der Waals surface area contributed by atoms with E-state index < -0.39 is 29.7 Å². The number of halogens is 1. The molecule has 6 amide bonds. The number of nitriles is 1. The summed E-state index contributed by atoms with van der Waals surface area (Å²) in [4.78, 5) is 77.5. The Morgan fingerprint density at radius 1 is 0.930 bits per heavy atom. The number of hydrogen-bond donors (Lipinski definition) is 2. The number of anilines is 3. The second-order valence-electron chi connectivity index (χ2n) is 15.0. The lowest BCUT2D eigenvalue weighted by molar-refractivity contribution is -0.136. The van der Waals surface area contributed by atoms with E-state index in [1.54, 1.807) is 42.6 Å². The predicted molar refractivity (Wildman–Crippen MR) is 214 cm³/mol. The van der Waals surface area contributed by atoms with Crippen LogP contribution in [0.3, 0.4) is 0 Å². The molecule has 3 aromatic rings. The Morgan fingerprint density at radius 2 is 1.70 bits per heavy atom. The summed E-state index contributed by atoms with van der Waals surface area (Å²) in [6, 6.07) is 15.1. The highest BCUT2D eigenvalue weighted by Crippen LogP contribution is 2.32. The number of aromatic nitrogens is 1. The molecule has 3 atom stereocenters. The first kappa shape index (κ1) is 39.5. The lowest BCUT2D eigenvalue weighted by Crippen LogP contribution is -2.59. The first-order valence-corrected chi connectivity index (χ1v) is 19.8. The second kappa shape index (κ2) is 17.2. The van der Waals surface area contributed by atoms with Crippen LogP contribution in [-0.4, -0.2) is 120 Å². The van der Waals surface area contributed by atoms with Crippen LogP contribution in [0.1, 0.15) is 72.2 Å². The number of benzene rings is 2. The van der Waals surface area contributed by atoms with Crippen molar-refractivity contribution in [2.24, 2.45) is 0 Å². The highest BCUT2D eigenvalue weighted by molar-refractivity contribution is 6.32. The van der Waals surface area contributed by atoms with Crippen molar-refractivity contribution in [1.29, 1.82) is 5.26 Å². The zero-order chi connectivity index (χ0) is 40.2. The molecule has 0 aliphatic carbocycles. The third kappa shape index (κ3) is 8.67. The molecule has 15 nitrogen and oxygen atoms in total. The minimum absolute atomic E-state index is 0.0456. The van der Waals surface area contributed by atoms with E-state index in [0.717, 1.165) is 68.3 Å². The number of nitrogens with one attached hydrogen (secondary N) is 2. The molecular weight excluding hydrogens is 750 g/mol. The van der Waals surface area contributed by atoms with Crippen LogP contribution in [0.25, 0.3) is 0 Å². The van der Waals surface area contributed by atoms with Gasteiger partial charge in [-0.05, 0) is 88.5 Å². The van der Waals surface area contributed by atoms with Crippen molar-refractivity contribution in [2.45, 2.75) is 64.1 Å². The summed E-state index contributed by atoms with van der Waals surface area (Å²) in [5.74, 6) is -1.50. The van der Waals surface area contributed by atoms with Gasteiger partial charge in [-0.2, -0.15) is 5.26 Å². The minimum atomic E-state index is -0.976. The summed E-state index contributed by atoms with van der Waals surface area (Å²) in [5.41, 5.74) is 3.39. The van der Waals surface area contributed by atoms with Crippen LogP contribution >= 0.6 is 11.6 Å². The van der Waals surface area contributed by atoms with E-state index in [9.17, 15) is 29.2 Å². The maximum absolute atomic E-state index is 13.2. The number of urea groups is 1. The van der Waals surface area contributed by atoms with Gasteiger partial charge in [-0.1, -0.05) is 11.6 Å². The molecule has 2 N–H and O–H groups in total. The molecule has 7 rings (SSSR count). The molecule has 0 bridgehead atoms. The van der Waals surface area contributed by atoms with Gasteiger partial charge in [-0.15, -0.1) is 0 Å². The number of nitrogens with zero attached hydrogens (tertiary/aromatic N) is 7. The Morgan fingerprint density at radius 3 is 2.42 bits per heavy atom. The molecule has 4 aliphatic heterocycles. The van der Waals surface area contributed by atoms with Gasteiger partial charge in [0.15, 0.2) is 0 Å². The largest absolute Gasteiger partial charge is 0.478 e. The standard InChI is InChI=1S/C41H46ClN9O6/c1-26-25-50(27(2)24-49(26)31-8-6-28(22-43)34(42)21-31)41(56)45-29-7-13-37(44-23-29)57-19-5-3-4-14-47-15-17-48(18-16-47)30-9-10-32-33(20-30)40(55)51(39(32)54)35-11-12-36(52)46-38(35)53/h6-10,13,20-21,23,26-27,35H,3-5,11-12,14-19,24-25H2,1-2H3,(H,45,56)(H,46,52,53)/t26-,27+,35?/m0/s1. The van der Waals surface area contributed by atoms with Gasteiger partial charge in [0.25, 0.3) is 11.8 Å². The van der Waals surface area contributed by atoms with Crippen molar-refractivity contribution in [3.8, 4) is 11.9 Å².